The third kappa shape index (κ3) is 2.06. The smallest absolute Gasteiger partial charge is 0.152 e. The van der Waals surface area contributed by atoms with Gasteiger partial charge in [-0.2, -0.15) is 0 Å². The van der Waals surface area contributed by atoms with Crippen LogP contribution in [-0.2, 0) is 0 Å². The van der Waals surface area contributed by atoms with Gasteiger partial charge in [-0.25, -0.2) is 4.39 Å². The van der Waals surface area contributed by atoms with E-state index in [2.05, 4.69) is 17.1 Å². The number of carbonyl (C=O) groups excluding carboxylic acids is 1. The van der Waals surface area contributed by atoms with Crippen molar-refractivity contribution in [1.82, 2.24) is 0 Å². The van der Waals surface area contributed by atoms with Crippen LogP contribution in [0.2, 0.25) is 0 Å². The summed E-state index contributed by atoms with van der Waals surface area (Å²) >= 11 is 0. The van der Waals surface area contributed by atoms with Crippen LogP contribution in [0.1, 0.15) is 16.8 Å². The number of benzene rings is 1. The molecule has 0 aromatic heterocycles. The molecule has 0 amide bonds. The van der Waals surface area contributed by atoms with Gasteiger partial charge in [0.2, 0.25) is 0 Å². The fourth-order valence-electron chi connectivity index (χ4n) is 1.77. The van der Waals surface area contributed by atoms with Crippen molar-refractivity contribution in [2.75, 3.05) is 18.0 Å². The first kappa shape index (κ1) is 9.90. The van der Waals surface area contributed by atoms with E-state index >= 15 is 0 Å². The molecule has 1 aromatic carbocycles. The Morgan fingerprint density at radius 1 is 1.33 bits per heavy atom. The van der Waals surface area contributed by atoms with Crippen molar-refractivity contribution in [3.63, 3.8) is 0 Å². The number of aldehydes is 1. The number of hydrogen-bond donors (Lipinski definition) is 0. The first-order valence-corrected chi connectivity index (χ1v) is 4.96. The van der Waals surface area contributed by atoms with Crippen LogP contribution in [0.25, 0.3) is 0 Å². The maximum atomic E-state index is 12.9. The number of halogens is 1. The number of rotatable bonds is 2. The summed E-state index contributed by atoms with van der Waals surface area (Å²) < 4.78 is 12.9. The summed E-state index contributed by atoms with van der Waals surface area (Å²) in [5, 5.41) is 0. The summed E-state index contributed by atoms with van der Waals surface area (Å²) in [6, 6.07) is 4.33. The van der Waals surface area contributed by atoms with Crippen LogP contribution in [0, 0.1) is 5.82 Å². The lowest BCUT2D eigenvalue weighted by molar-refractivity contribution is 0.112. The lowest BCUT2D eigenvalue weighted by Crippen LogP contribution is -2.27. The second-order valence-electron chi connectivity index (χ2n) is 3.53. The second-order valence-corrected chi connectivity index (χ2v) is 3.53. The van der Waals surface area contributed by atoms with Crippen LogP contribution >= 0.6 is 0 Å². The Labute approximate surface area is 88.0 Å². The van der Waals surface area contributed by atoms with Crippen LogP contribution in [0.3, 0.4) is 0 Å². The fraction of sp³-hybridized carbons (Fsp3) is 0.250. The van der Waals surface area contributed by atoms with Crippen LogP contribution in [0.15, 0.2) is 30.4 Å². The van der Waals surface area contributed by atoms with Gasteiger partial charge in [-0.05, 0) is 24.6 Å². The highest BCUT2D eigenvalue weighted by Gasteiger charge is 2.11. The Balaban J connectivity index is 2.34. The van der Waals surface area contributed by atoms with E-state index in [4.69, 9.17) is 0 Å². The highest BCUT2D eigenvalue weighted by atomic mass is 19.1. The lowest BCUT2D eigenvalue weighted by atomic mass is 10.1. The van der Waals surface area contributed by atoms with E-state index in [1.807, 2.05) is 0 Å². The van der Waals surface area contributed by atoms with Gasteiger partial charge in [-0.3, -0.25) is 4.79 Å². The molecular formula is C12H12FNO. The molecule has 0 bridgehead atoms. The van der Waals surface area contributed by atoms with Crippen molar-refractivity contribution in [2.45, 2.75) is 6.42 Å². The van der Waals surface area contributed by atoms with Gasteiger partial charge in [-0.15, -0.1) is 0 Å². The molecule has 1 aliphatic heterocycles. The van der Waals surface area contributed by atoms with Crippen molar-refractivity contribution in [2.24, 2.45) is 0 Å². The van der Waals surface area contributed by atoms with E-state index < -0.39 is 0 Å². The predicted molar refractivity (Wildman–Crippen MR) is 57.8 cm³/mol. The Bertz CT molecular complexity index is 401. The standard InChI is InChI=1S/C12H12FNO/c13-11-4-5-12(10(8-11)9-15)14-6-2-1-3-7-14/h1-2,4-5,8-9H,3,6-7H2. The molecule has 2 nitrogen and oxygen atoms in total. The summed E-state index contributed by atoms with van der Waals surface area (Å²) in [5.41, 5.74) is 1.24. The van der Waals surface area contributed by atoms with Crippen molar-refractivity contribution in [1.29, 1.82) is 0 Å². The molecule has 0 unspecified atom stereocenters. The Hall–Kier alpha value is -1.64. The molecule has 0 radical (unpaired) electrons. The molecule has 1 aliphatic rings. The predicted octanol–water partition coefficient (Wildman–Crippen LogP) is 2.40. The Morgan fingerprint density at radius 3 is 2.87 bits per heavy atom. The van der Waals surface area contributed by atoms with Crippen molar-refractivity contribution in [3.8, 4) is 0 Å². The zero-order valence-electron chi connectivity index (χ0n) is 8.32. The van der Waals surface area contributed by atoms with Gasteiger partial charge < -0.3 is 4.90 Å². The van der Waals surface area contributed by atoms with Crippen molar-refractivity contribution in [3.05, 3.63) is 41.7 Å². The molecule has 15 heavy (non-hydrogen) atoms. The summed E-state index contributed by atoms with van der Waals surface area (Å²) in [4.78, 5) is 12.9. The average Bonchev–Trinajstić information content (AvgIpc) is 2.30. The monoisotopic (exact) mass is 205 g/mol. The lowest BCUT2D eigenvalue weighted by Gasteiger charge is -2.26. The van der Waals surface area contributed by atoms with Gasteiger partial charge in [0.05, 0.1) is 0 Å². The SMILES string of the molecule is O=Cc1cc(F)ccc1N1CC=CCC1. The first-order valence-electron chi connectivity index (χ1n) is 4.96. The molecular weight excluding hydrogens is 193 g/mol. The number of carbonyl (C=O) groups is 1. The molecule has 0 aliphatic carbocycles. The topological polar surface area (TPSA) is 20.3 Å². The van der Waals surface area contributed by atoms with Gasteiger partial charge in [0.15, 0.2) is 6.29 Å². The van der Waals surface area contributed by atoms with E-state index in [1.54, 1.807) is 6.07 Å². The van der Waals surface area contributed by atoms with Crippen LogP contribution in [0.4, 0.5) is 10.1 Å². The summed E-state index contributed by atoms with van der Waals surface area (Å²) in [6.07, 6.45) is 5.84. The fourth-order valence-corrected chi connectivity index (χ4v) is 1.77. The maximum Gasteiger partial charge on any atom is 0.152 e. The minimum absolute atomic E-state index is 0.367. The van der Waals surface area contributed by atoms with Crippen LogP contribution < -0.4 is 4.90 Å². The van der Waals surface area contributed by atoms with Crippen LogP contribution in [-0.4, -0.2) is 19.4 Å². The van der Waals surface area contributed by atoms with Gasteiger partial charge in [0, 0.05) is 24.3 Å². The average molecular weight is 205 g/mol. The van der Waals surface area contributed by atoms with E-state index in [0.717, 1.165) is 25.2 Å². The third-order valence-electron chi connectivity index (χ3n) is 2.52. The number of nitrogens with zero attached hydrogens (tertiary/aromatic N) is 1. The normalized spacial score (nSPS) is 15.4. The molecule has 0 fully saturated rings. The molecule has 1 heterocycles. The first-order chi connectivity index (χ1) is 7.31. The summed E-state index contributed by atoms with van der Waals surface area (Å²) in [6.45, 7) is 1.66. The van der Waals surface area contributed by atoms with E-state index in [0.29, 0.717) is 11.8 Å². The van der Waals surface area contributed by atoms with Crippen LogP contribution in [0.5, 0.6) is 0 Å². The Morgan fingerprint density at radius 2 is 2.20 bits per heavy atom. The highest BCUT2D eigenvalue weighted by molar-refractivity contribution is 5.84. The Kier molecular flexibility index (Phi) is 2.81. The molecule has 0 atom stereocenters. The van der Waals surface area contributed by atoms with Crippen molar-refractivity contribution < 1.29 is 9.18 Å². The van der Waals surface area contributed by atoms with E-state index in [1.165, 1.54) is 12.1 Å². The molecule has 78 valence electrons. The quantitative estimate of drug-likeness (QED) is 0.546. The molecule has 3 heteroatoms. The summed E-state index contributed by atoms with van der Waals surface area (Å²) in [5.74, 6) is -0.367. The molecule has 0 saturated carbocycles. The van der Waals surface area contributed by atoms with Crippen molar-refractivity contribution >= 4 is 12.0 Å². The van der Waals surface area contributed by atoms with Gasteiger partial charge >= 0.3 is 0 Å². The van der Waals surface area contributed by atoms with E-state index in [9.17, 15) is 9.18 Å². The highest BCUT2D eigenvalue weighted by Crippen LogP contribution is 2.21. The number of hydrogen-bond acceptors (Lipinski definition) is 2. The number of anilines is 1. The second kappa shape index (κ2) is 4.26. The third-order valence-corrected chi connectivity index (χ3v) is 2.52. The summed E-state index contributed by atoms with van der Waals surface area (Å²) in [7, 11) is 0. The molecule has 2 rings (SSSR count). The minimum Gasteiger partial charge on any atom is -0.367 e. The van der Waals surface area contributed by atoms with Gasteiger partial charge in [0.25, 0.3) is 0 Å². The molecule has 0 saturated heterocycles. The zero-order valence-corrected chi connectivity index (χ0v) is 8.32. The maximum absolute atomic E-state index is 12.9. The van der Waals surface area contributed by atoms with Gasteiger partial charge in [0.1, 0.15) is 5.82 Å². The van der Waals surface area contributed by atoms with Gasteiger partial charge in [-0.1, -0.05) is 12.2 Å². The molecule has 1 aromatic rings. The minimum atomic E-state index is -0.367. The zero-order chi connectivity index (χ0) is 10.7. The molecule has 0 N–H and O–H groups in total. The van der Waals surface area contributed by atoms with E-state index in [-0.39, 0.29) is 5.82 Å². The molecule has 0 spiro atoms. The largest absolute Gasteiger partial charge is 0.367 e.